The van der Waals surface area contributed by atoms with Gasteiger partial charge in [-0.2, -0.15) is 0 Å². The maximum atomic E-state index is 12.7. The predicted octanol–water partition coefficient (Wildman–Crippen LogP) is 4.65. The van der Waals surface area contributed by atoms with Crippen molar-refractivity contribution >= 4 is 28.9 Å². The smallest absolute Gasteiger partial charge is 0.337 e. The van der Waals surface area contributed by atoms with Gasteiger partial charge in [-0.3, -0.25) is 4.79 Å². The molecule has 0 unspecified atom stereocenters. The molecular weight excluding hydrogens is 362 g/mol. The number of anilines is 1. The summed E-state index contributed by atoms with van der Waals surface area (Å²) in [6, 6.07) is 14.8. The van der Waals surface area contributed by atoms with Crippen LogP contribution >= 0.6 is 11.3 Å². The third-order valence-electron chi connectivity index (χ3n) is 4.44. The molecule has 0 aliphatic carbocycles. The molecule has 2 heterocycles. The fourth-order valence-electron chi connectivity index (χ4n) is 3.04. The molecule has 4 rings (SSSR count). The first kappa shape index (κ1) is 17.3. The second-order valence-corrected chi connectivity index (χ2v) is 7.28. The van der Waals surface area contributed by atoms with E-state index in [0.29, 0.717) is 22.7 Å². The number of hydrogen-bond donors (Lipinski definition) is 1. The molecule has 3 aromatic rings. The van der Waals surface area contributed by atoms with Gasteiger partial charge in [0.05, 0.1) is 17.6 Å². The fourth-order valence-corrected chi connectivity index (χ4v) is 4.14. The van der Waals surface area contributed by atoms with E-state index < -0.39 is 5.97 Å². The van der Waals surface area contributed by atoms with Crippen LogP contribution in [0.4, 0.5) is 5.69 Å². The van der Waals surface area contributed by atoms with Crippen LogP contribution in [-0.4, -0.2) is 19.0 Å². The molecule has 6 heteroatoms. The van der Waals surface area contributed by atoms with Gasteiger partial charge in [-0.1, -0.05) is 12.1 Å². The maximum absolute atomic E-state index is 12.7. The molecule has 0 fully saturated rings. The van der Waals surface area contributed by atoms with Crippen molar-refractivity contribution in [2.75, 3.05) is 12.4 Å². The summed E-state index contributed by atoms with van der Waals surface area (Å²) < 4.78 is 10.5. The Balaban J connectivity index is 1.59. The number of fused-ring (bicyclic) bond motifs is 3. The van der Waals surface area contributed by atoms with Crippen molar-refractivity contribution in [2.24, 2.45) is 0 Å². The molecule has 27 heavy (non-hydrogen) atoms. The molecule has 0 atom stereocenters. The largest absolute Gasteiger partial charge is 0.488 e. The molecular formula is C21H17NO4S. The number of aryl methyl sites for hydroxylation is 1. The number of carbonyl (C=O) groups is 2. The van der Waals surface area contributed by atoms with E-state index >= 15 is 0 Å². The summed E-state index contributed by atoms with van der Waals surface area (Å²) >= 11 is 1.46. The van der Waals surface area contributed by atoms with E-state index in [9.17, 15) is 9.59 Å². The Labute approximate surface area is 160 Å². The summed E-state index contributed by atoms with van der Waals surface area (Å²) in [5.41, 5.74) is 3.94. The summed E-state index contributed by atoms with van der Waals surface area (Å²) in [5.74, 6) is 0.259. The van der Waals surface area contributed by atoms with Gasteiger partial charge in [-0.15, -0.1) is 11.3 Å². The topological polar surface area (TPSA) is 64.6 Å². The Morgan fingerprint density at radius 3 is 2.74 bits per heavy atom. The zero-order valence-electron chi connectivity index (χ0n) is 14.9. The van der Waals surface area contributed by atoms with E-state index in [1.165, 1.54) is 18.4 Å². The number of hydrogen-bond acceptors (Lipinski definition) is 5. The Morgan fingerprint density at radius 1 is 1.15 bits per heavy atom. The molecule has 0 saturated carbocycles. The van der Waals surface area contributed by atoms with Crippen molar-refractivity contribution in [3.63, 3.8) is 0 Å². The SMILES string of the molecule is COC(=O)c1ccc(NC(=O)c2cc3c(s2)-c2ccccc2OC3)c(C)c1. The lowest BCUT2D eigenvalue weighted by Crippen LogP contribution is -2.12. The van der Waals surface area contributed by atoms with E-state index in [0.717, 1.165) is 27.3 Å². The number of amides is 1. The summed E-state index contributed by atoms with van der Waals surface area (Å²) in [5, 5.41) is 2.92. The lowest BCUT2D eigenvalue weighted by molar-refractivity contribution is 0.0600. The van der Waals surface area contributed by atoms with Crippen LogP contribution in [0.3, 0.4) is 0 Å². The molecule has 0 radical (unpaired) electrons. The Morgan fingerprint density at radius 2 is 1.96 bits per heavy atom. The second kappa shape index (κ2) is 6.89. The molecule has 5 nitrogen and oxygen atoms in total. The van der Waals surface area contributed by atoms with Gasteiger partial charge in [-0.05, 0) is 48.9 Å². The molecule has 0 bridgehead atoms. The molecule has 0 spiro atoms. The second-order valence-electron chi connectivity index (χ2n) is 6.23. The van der Waals surface area contributed by atoms with Gasteiger partial charge in [0.2, 0.25) is 0 Å². The number of thiophene rings is 1. The number of ether oxygens (including phenoxy) is 2. The maximum Gasteiger partial charge on any atom is 0.337 e. The van der Waals surface area contributed by atoms with Gasteiger partial charge in [0.25, 0.3) is 5.91 Å². The highest BCUT2D eigenvalue weighted by atomic mass is 32.1. The van der Waals surface area contributed by atoms with Crippen LogP contribution in [0, 0.1) is 6.92 Å². The zero-order chi connectivity index (χ0) is 19.0. The highest BCUT2D eigenvalue weighted by Gasteiger charge is 2.22. The molecule has 1 N–H and O–H groups in total. The number of para-hydroxylation sites is 1. The van der Waals surface area contributed by atoms with Crippen LogP contribution < -0.4 is 10.1 Å². The van der Waals surface area contributed by atoms with Crippen molar-refractivity contribution in [3.05, 3.63) is 70.1 Å². The van der Waals surface area contributed by atoms with Crippen LogP contribution in [0.15, 0.2) is 48.5 Å². The highest BCUT2D eigenvalue weighted by Crippen LogP contribution is 2.42. The average molecular weight is 379 g/mol. The number of rotatable bonds is 3. The summed E-state index contributed by atoms with van der Waals surface area (Å²) in [6.07, 6.45) is 0. The van der Waals surface area contributed by atoms with E-state index in [-0.39, 0.29) is 5.91 Å². The molecule has 2 aromatic carbocycles. The average Bonchev–Trinajstić information content (AvgIpc) is 3.14. The predicted molar refractivity (Wildman–Crippen MR) is 105 cm³/mol. The quantitative estimate of drug-likeness (QED) is 0.673. The van der Waals surface area contributed by atoms with Crippen molar-refractivity contribution in [1.29, 1.82) is 0 Å². The van der Waals surface area contributed by atoms with E-state index in [4.69, 9.17) is 9.47 Å². The van der Waals surface area contributed by atoms with Gasteiger partial charge in [0, 0.05) is 21.7 Å². The third-order valence-corrected chi connectivity index (χ3v) is 5.65. The first-order valence-electron chi connectivity index (χ1n) is 8.42. The summed E-state index contributed by atoms with van der Waals surface area (Å²) in [7, 11) is 1.34. The zero-order valence-corrected chi connectivity index (χ0v) is 15.7. The highest BCUT2D eigenvalue weighted by molar-refractivity contribution is 7.17. The number of nitrogens with one attached hydrogen (secondary N) is 1. The van der Waals surface area contributed by atoms with E-state index in [1.54, 1.807) is 18.2 Å². The number of methoxy groups -OCH3 is 1. The van der Waals surface area contributed by atoms with Crippen molar-refractivity contribution < 1.29 is 19.1 Å². The fraction of sp³-hybridized carbons (Fsp3) is 0.143. The van der Waals surface area contributed by atoms with E-state index in [2.05, 4.69) is 5.32 Å². The van der Waals surface area contributed by atoms with Gasteiger partial charge < -0.3 is 14.8 Å². The van der Waals surface area contributed by atoms with Gasteiger partial charge in [-0.25, -0.2) is 4.79 Å². The summed E-state index contributed by atoms with van der Waals surface area (Å²) in [6.45, 7) is 2.30. The summed E-state index contributed by atoms with van der Waals surface area (Å²) in [4.78, 5) is 26.0. The minimum Gasteiger partial charge on any atom is -0.488 e. The van der Waals surface area contributed by atoms with Crippen molar-refractivity contribution in [3.8, 4) is 16.2 Å². The van der Waals surface area contributed by atoms with E-state index in [1.807, 2.05) is 37.3 Å². The lowest BCUT2D eigenvalue weighted by atomic mass is 10.1. The Bertz CT molecular complexity index is 1050. The van der Waals surface area contributed by atoms with Crippen molar-refractivity contribution in [1.82, 2.24) is 0 Å². The minimum absolute atomic E-state index is 0.180. The van der Waals surface area contributed by atoms with Crippen LogP contribution in [0.25, 0.3) is 10.4 Å². The molecule has 0 saturated heterocycles. The van der Waals surface area contributed by atoms with Crippen LogP contribution in [0.1, 0.15) is 31.2 Å². The van der Waals surface area contributed by atoms with Gasteiger partial charge >= 0.3 is 5.97 Å². The number of benzene rings is 2. The number of carbonyl (C=O) groups excluding carboxylic acids is 2. The van der Waals surface area contributed by atoms with Crippen LogP contribution in [-0.2, 0) is 11.3 Å². The van der Waals surface area contributed by atoms with Crippen molar-refractivity contribution in [2.45, 2.75) is 13.5 Å². The molecule has 1 aromatic heterocycles. The van der Waals surface area contributed by atoms with Gasteiger partial charge in [0.1, 0.15) is 12.4 Å². The molecule has 1 aliphatic heterocycles. The molecule has 1 aliphatic rings. The third kappa shape index (κ3) is 3.19. The Kier molecular flexibility index (Phi) is 4.41. The first-order valence-corrected chi connectivity index (χ1v) is 9.23. The standard InChI is InChI=1S/C21H17NO4S/c1-12-9-13(21(24)25-2)7-8-16(12)22-20(23)18-10-14-11-26-17-6-4-3-5-15(17)19(14)27-18/h3-10H,11H2,1-2H3,(H,22,23). The monoisotopic (exact) mass is 379 g/mol. The molecule has 136 valence electrons. The molecule has 1 amide bonds. The van der Waals surface area contributed by atoms with Crippen LogP contribution in [0.5, 0.6) is 5.75 Å². The number of esters is 1. The minimum atomic E-state index is -0.402. The first-order chi connectivity index (χ1) is 13.1. The Hall–Kier alpha value is -3.12. The lowest BCUT2D eigenvalue weighted by Gasteiger charge is -2.16. The normalized spacial score (nSPS) is 11.8. The van der Waals surface area contributed by atoms with Gasteiger partial charge in [0.15, 0.2) is 0 Å². The van der Waals surface area contributed by atoms with Crippen LogP contribution in [0.2, 0.25) is 0 Å².